The summed E-state index contributed by atoms with van der Waals surface area (Å²) >= 11 is 0. The maximum atomic E-state index is 13.9. The second-order valence-electron chi connectivity index (χ2n) is 7.78. The summed E-state index contributed by atoms with van der Waals surface area (Å²) < 4.78 is 27.8. The summed E-state index contributed by atoms with van der Waals surface area (Å²) in [5.41, 5.74) is 6.42. The van der Waals surface area contributed by atoms with Crippen LogP contribution in [-0.4, -0.2) is 64.5 Å². The Morgan fingerprint density at radius 3 is 2.62 bits per heavy atom. The molecule has 29 heavy (non-hydrogen) atoms. The van der Waals surface area contributed by atoms with Crippen molar-refractivity contribution in [3.63, 3.8) is 0 Å². The number of hydrogen-bond acceptors (Lipinski definition) is 6. The van der Waals surface area contributed by atoms with Crippen LogP contribution in [0.15, 0.2) is 18.2 Å². The molecular formula is C19H20F2N4O4. The molecule has 3 aliphatic heterocycles. The van der Waals surface area contributed by atoms with Gasteiger partial charge in [-0.25, -0.2) is 8.78 Å². The third-order valence-corrected chi connectivity index (χ3v) is 5.46. The molecule has 2 saturated heterocycles. The highest BCUT2D eigenvalue weighted by molar-refractivity contribution is 6.24. The van der Waals surface area contributed by atoms with E-state index < -0.39 is 54.6 Å². The van der Waals surface area contributed by atoms with E-state index in [0.717, 1.165) is 4.90 Å². The van der Waals surface area contributed by atoms with Crippen LogP contribution in [0.25, 0.3) is 0 Å². The number of piperidine rings is 2. The number of carbonyl (C=O) groups is 4. The first-order valence-electron chi connectivity index (χ1n) is 9.35. The minimum absolute atomic E-state index is 0.0252. The first kappa shape index (κ1) is 19.6. The topological polar surface area (TPSA) is 113 Å². The van der Waals surface area contributed by atoms with Gasteiger partial charge in [0.2, 0.25) is 11.8 Å². The molecule has 2 unspecified atom stereocenters. The molecular weight excluding hydrogens is 386 g/mol. The van der Waals surface area contributed by atoms with Crippen LogP contribution < -0.4 is 11.1 Å². The third kappa shape index (κ3) is 3.53. The summed E-state index contributed by atoms with van der Waals surface area (Å²) in [5, 5.41) is 2.14. The fourth-order valence-electron chi connectivity index (χ4n) is 4.31. The third-order valence-electron chi connectivity index (χ3n) is 5.46. The fraction of sp³-hybridized carbons (Fsp3) is 0.474. The first-order valence-corrected chi connectivity index (χ1v) is 9.35. The molecule has 0 saturated carbocycles. The van der Waals surface area contributed by atoms with Crippen LogP contribution in [0.4, 0.5) is 8.78 Å². The number of amides is 4. The number of rotatable bonds is 3. The zero-order valence-electron chi connectivity index (χ0n) is 15.5. The van der Waals surface area contributed by atoms with E-state index in [1.807, 2.05) is 0 Å². The number of hydrogen-bond donors (Lipinski definition) is 2. The van der Waals surface area contributed by atoms with Gasteiger partial charge in [0.05, 0.1) is 17.7 Å². The number of alkyl halides is 2. The van der Waals surface area contributed by atoms with Crippen LogP contribution in [0.3, 0.4) is 0 Å². The predicted molar refractivity (Wildman–Crippen MR) is 95.9 cm³/mol. The van der Waals surface area contributed by atoms with Gasteiger partial charge in [0.25, 0.3) is 17.7 Å². The Morgan fingerprint density at radius 2 is 1.93 bits per heavy atom. The van der Waals surface area contributed by atoms with E-state index in [0.29, 0.717) is 5.56 Å². The molecule has 3 N–H and O–H groups in total. The number of nitrogens with two attached hydrogens (primary N) is 1. The van der Waals surface area contributed by atoms with Gasteiger partial charge < -0.3 is 5.73 Å². The molecule has 8 nitrogen and oxygen atoms in total. The van der Waals surface area contributed by atoms with E-state index in [1.54, 1.807) is 12.1 Å². The molecule has 2 fully saturated rings. The molecule has 0 aromatic heterocycles. The van der Waals surface area contributed by atoms with Crippen molar-refractivity contribution in [1.29, 1.82) is 0 Å². The summed E-state index contributed by atoms with van der Waals surface area (Å²) in [6.45, 7) is -0.198. The van der Waals surface area contributed by atoms with Crippen LogP contribution in [0, 0.1) is 0 Å². The van der Waals surface area contributed by atoms with Crippen molar-refractivity contribution in [1.82, 2.24) is 15.1 Å². The van der Waals surface area contributed by atoms with Gasteiger partial charge in [0.15, 0.2) is 0 Å². The number of nitrogens with one attached hydrogen (secondary N) is 1. The van der Waals surface area contributed by atoms with Crippen molar-refractivity contribution >= 4 is 23.6 Å². The summed E-state index contributed by atoms with van der Waals surface area (Å²) in [6.07, 6.45) is -0.312. The lowest BCUT2D eigenvalue weighted by Gasteiger charge is -2.36. The second-order valence-corrected chi connectivity index (χ2v) is 7.78. The summed E-state index contributed by atoms with van der Waals surface area (Å²) in [5.74, 6) is -5.34. The number of fused-ring (bicyclic) bond motifs is 1. The van der Waals surface area contributed by atoms with Gasteiger partial charge in [-0.1, -0.05) is 12.1 Å². The Labute approximate surface area is 165 Å². The quantitative estimate of drug-likeness (QED) is 0.696. The number of nitrogens with zero attached hydrogens (tertiary/aromatic N) is 2. The van der Waals surface area contributed by atoms with Gasteiger partial charge in [0.1, 0.15) is 6.04 Å². The number of carbonyl (C=O) groups excluding carboxylic acids is 4. The Balaban J connectivity index is 1.61. The largest absolute Gasteiger partial charge is 0.326 e. The fourth-order valence-corrected chi connectivity index (χ4v) is 4.31. The van der Waals surface area contributed by atoms with E-state index in [2.05, 4.69) is 5.32 Å². The lowest BCUT2D eigenvalue weighted by atomic mass is 9.99. The zero-order valence-corrected chi connectivity index (χ0v) is 15.5. The second kappa shape index (κ2) is 6.96. The Kier molecular flexibility index (Phi) is 4.70. The molecule has 4 rings (SSSR count). The van der Waals surface area contributed by atoms with Crippen molar-refractivity contribution in [3.05, 3.63) is 34.9 Å². The highest BCUT2D eigenvalue weighted by Crippen LogP contribution is 2.32. The highest BCUT2D eigenvalue weighted by Gasteiger charge is 2.46. The molecule has 4 amide bonds. The van der Waals surface area contributed by atoms with Crippen molar-refractivity contribution < 1.29 is 28.0 Å². The van der Waals surface area contributed by atoms with E-state index in [9.17, 15) is 28.0 Å². The van der Waals surface area contributed by atoms with Crippen LogP contribution in [0.1, 0.15) is 45.5 Å². The van der Waals surface area contributed by atoms with Crippen LogP contribution in [0.5, 0.6) is 0 Å². The maximum absolute atomic E-state index is 13.9. The smallest absolute Gasteiger partial charge is 0.262 e. The first-order chi connectivity index (χ1) is 13.7. The predicted octanol–water partition coefficient (Wildman–Crippen LogP) is 0.256. The van der Waals surface area contributed by atoms with E-state index in [1.165, 1.54) is 11.0 Å². The molecule has 0 aliphatic carbocycles. The summed E-state index contributed by atoms with van der Waals surface area (Å²) in [6, 6.07) is 2.90. The number of benzene rings is 1. The minimum Gasteiger partial charge on any atom is -0.326 e. The zero-order chi connectivity index (χ0) is 20.9. The van der Waals surface area contributed by atoms with Gasteiger partial charge >= 0.3 is 0 Å². The number of halogens is 2. The highest BCUT2D eigenvalue weighted by atomic mass is 19.3. The van der Waals surface area contributed by atoms with Crippen molar-refractivity contribution in [2.75, 3.05) is 13.1 Å². The average molecular weight is 406 g/mol. The molecule has 10 heteroatoms. The Morgan fingerprint density at radius 1 is 1.17 bits per heavy atom. The molecule has 0 radical (unpaired) electrons. The number of likely N-dealkylation sites (tertiary alicyclic amines) is 1. The van der Waals surface area contributed by atoms with Crippen LogP contribution in [0.2, 0.25) is 0 Å². The summed E-state index contributed by atoms with van der Waals surface area (Å²) in [4.78, 5) is 51.7. The van der Waals surface area contributed by atoms with Crippen molar-refractivity contribution in [3.8, 4) is 0 Å². The van der Waals surface area contributed by atoms with E-state index >= 15 is 0 Å². The molecule has 0 bridgehead atoms. The molecule has 3 aliphatic rings. The Bertz CT molecular complexity index is 919. The van der Waals surface area contributed by atoms with Crippen LogP contribution >= 0.6 is 0 Å². The minimum atomic E-state index is -2.92. The molecule has 3 heterocycles. The normalized spacial score (nSPS) is 27.2. The maximum Gasteiger partial charge on any atom is 0.262 e. The van der Waals surface area contributed by atoms with Crippen LogP contribution in [-0.2, 0) is 16.1 Å². The number of imide groups is 2. The van der Waals surface area contributed by atoms with Gasteiger partial charge in [-0.05, 0) is 18.1 Å². The molecule has 1 aromatic rings. The van der Waals surface area contributed by atoms with E-state index in [4.69, 9.17) is 5.73 Å². The molecule has 154 valence electrons. The van der Waals surface area contributed by atoms with Crippen molar-refractivity contribution in [2.24, 2.45) is 5.73 Å². The lowest BCUT2D eigenvalue weighted by Crippen LogP contribution is -2.54. The molecule has 0 spiro atoms. The monoisotopic (exact) mass is 406 g/mol. The van der Waals surface area contributed by atoms with Crippen molar-refractivity contribution in [2.45, 2.75) is 43.8 Å². The summed E-state index contributed by atoms with van der Waals surface area (Å²) in [7, 11) is 0. The van der Waals surface area contributed by atoms with Gasteiger partial charge in [-0.15, -0.1) is 0 Å². The van der Waals surface area contributed by atoms with Gasteiger partial charge in [-0.2, -0.15) is 0 Å². The average Bonchev–Trinajstić information content (AvgIpc) is 2.85. The standard InChI is InChI=1S/C19H20F2N4O4/c20-19(21)6-11(22)8-24(9-19)7-10-2-1-3-12-15(10)18(29)25(17(12)28)13-4-5-14(26)23-16(13)27/h1-3,11,13H,4-9,22H2,(H,23,26,27). The molecule has 1 aromatic carbocycles. The lowest BCUT2D eigenvalue weighted by molar-refractivity contribution is -0.136. The van der Waals surface area contributed by atoms with E-state index in [-0.39, 0.29) is 37.1 Å². The molecule has 2 atom stereocenters. The van der Waals surface area contributed by atoms with Gasteiger partial charge in [0, 0.05) is 32.0 Å². The van der Waals surface area contributed by atoms with Gasteiger partial charge in [-0.3, -0.25) is 34.3 Å². The SMILES string of the molecule is NC1CN(Cc2cccc3c2C(=O)N(C2CCC(=O)NC2=O)C3=O)CC(F)(F)C1. The Hall–Kier alpha value is -2.72.